The van der Waals surface area contributed by atoms with Crippen LogP contribution in [0.25, 0.3) is 21.3 Å². The first kappa shape index (κ1) is 12.1. The smallest absolute Gasteiger partial charge is 0.274 e. The lowest BCUT2D eigenvalue weighted by molar-refractivity contribution is 0.723. The van der Waals surface area contributed by atoms with E-state index in [1.54, 1.807) is 18.4 Å². The highest BCUT2D eigenvalue weighted by Crippen LogP contribution is 2.30. The lowest BCUT2D eigenvalue weighted by Gasteiger charge is -2.06. The molecular weight excluding hydrogens is 258 g/mol. The molecule has 3 aromatic rings. The quantitative estimate of drug-likeness (QED) is 0.776. The highest BCUT2D eigenvalue weighted by atomic mass is 32.1. The summed E-state index contributed by atoms with van der Waals surface area (Å²) >= 11 is 1.61. The van der Waals surface area contributed by atoms with E-state index in [0.29, 0.717) is 11.9 Å². The van der Waals surface area contributed by atoms with E-state index >= 15 is 0 Å². The third kappa shape index (κ3) is 1.97. The molecule has 0 aliphatic rings. The predicted molar refractivity (Wildman–Crippen MR) is 78.2 cm³/mol. The van der Waals surface area contributed by atoms with Gasteiger partial charge in [0.25, 0.3) is 5.56 Å². The maximum Gasteiger partial charge on any atom is 0.274 e. The number of nitrogens with two attached hydrogens (primary N) is 1. The van der Waals surface area contributed by atoms with Crippen molar-refractivity contribution >= 4 is 22.1 Å². The van der Waals surface area contributed by atoms with E-state index in [-0.39, 0.29) is 5.56 Å². The van der Waals surface area contributed by atoms with E-state index in [9.17, 15) is 4.79 Å². The Morgan fingerprint density at radius 1 is 1.21 bits per heavy atom. The van der Waals surface area contributed by atoms with Crippen LogP contribution in [0.2, 0.25) is 0 Å². The first-order valence-electron chi connectivity index (χ1n) is 5.96. The van der Waals surface area contributed by atoms with Crippen molar-refractivity contribution < 1.29 is 0 Å². The summed E-state index contributed by atoms with van der Waals surface area (Å²) < 4.78 is 1.39. The topological polar surface area (TPSA) is 60.9 Å². The first-order valence-corrected chi connectivity index (χ1v) is 6.77. The minimum atomic E-state index is -0.0741. The normalized spacial score (nSPS) is 11.1. The van der Waals surface area contributed by atoms with Gasteiger partial charge in [0.05, 0.1) is 10.3 Å². The van der Waals surface area contributed by atoms with Crippen molar-refractivity contribution in [2.75, 3.05) is 0 Å². The first-order chi connectivity index (χ1) is 9.20. The number of benzene rings is 1. The maximum atomic E-state index is 12.1. The molecule has 0 unspecified atom stereocenters. The highest BCUT2D eigenvalue weighted by Gasteiger charge is 2.11. The number of aryl methyl sites for hydroxylation is 1. The highest BCUT2D eigenvalue weighted by molar-refractivity contribution is 7.15. The van der Waals surface area contributed by atoms with E-state index in [0.717, 1.165) is 20.8 Å². The summed E-state index contributed by atoms with van der Waals surface area (Å²) in [5.74, 6) is 0. The summed E-state index contributed by atoms with van der Waals surface area (Å²) in [6.45, 7) is 0.522. The molecular formula is C14H13N3OS. The summed E-state index contributed by atoms with van der Waals surface area (Å²) in [6, 6.07) is 11.6. The van der Waals surface area contributed by atoms with Crippen LogP contribution >= 0.6 is 11.3 Å². The fourth-order valence-electron chi connectivity index (χ4n) is 2.10. The van der Waals surface area contributed by atoms with Crippen molar-refractivity contribution in [1.82, 2.24) is 9.78 Å². The van der Waals surface area contributed by atoms with Crippen LogP contribution < -0.4 is 11.3 Å². The third-order valence-corrected chi connectivity index (χ3v) is 4.17. The van der Waals surface area contributed by atoms with Crippen LogP contribution in [0.5, 0.6) is 0 Å². The van der Waals surface area contributed by atoms with E-state index < -0.39 is 0 Å². The zero-order chi connectivity index (χ0) is 13.4. The second-order valence-electron chi connectivity index (χ2n) is 4.29. The van der Waals surface area contributed by atoms with E-state index in [2.05, 4.69) is 5.10 Å². The number of fused-ring (bicyclic) bond motifs is 1. The molecule has 0 fully saturated rings. The van der Waals surface area contributed by atoms with Crippen molar-refractivity contribution in [1.29, 1.82) is 0 Å². The van der Waals surface area contributed by atoms with Crippen LogP contribution in [-0.4, -0.2) is 9.78 Å². The number of hydrogen-bond donors (Lipinski definition) is 1. The molecule has 5 heteroatoms. The summed E-state index contributed by atoms with van der Waals surface area (Å²) in [5, 5.41) is 5.97. The van der Waals surface area contributed by atoms with Gasteiger partial charge in [0.2, 0.25) is 0 Å². The lowest BCUT2D eigenvalue weighted by Crippen LogP contribution is -2.20. The molecule has 2 heterocycles. The zero-order valence-corrected chi connectivity index (χ0v) is 11.3. The molecule has 0 radical (unpaired) electrons. The molecule has 0 amide bonds. The Morgan fingerprint density at radius 2 is 1.95 bits per heavy atom. The second-order valence-corrected chi connectivity index (χ2v) is 5.46. The molecule has 0 spiro atoms. The fraction of sp³-hybridized carbons (Fsp3) is 0.143. The number of nitrogens with zero attached hydrogens (tertiary/aromatic N) is 2. The van der Waals surface area contributed by atoms with Gasteiger partial charge < -0.3 is 5.73 Å². The zero-order valence-electron chi connectivity index (χ0n) is 10.5. The molecule has 1 aromatic carbocycles. The van der Waals surface area contributed by atoms with Gasteiger partial charge in [-0.2, -0.15) is 5.10 Å². The molecule has 19 heavy (non-hydrogen) atoms. The van der Waals surface area contributed by atoms with Crippen LogP contribution in [0, 0.1) is 0 Å². The van der Waals surface area contributed by atoms with Crippen LogP contribution in [-0.2, 0) is 13.6 Å². The Labute approximate surface area is 114 Å². The standard InChI is InChI=1S/C14H13N3OS/c1-17-14(18)11-5-3-2-4-10(11)13(16-17)12-7-6-9(8-15)19-12/h2-7H,8,15H2,1H3. The predicted octanol–water partition coefficient (Wildman–Crippen LogP) is 2.12. The van der Waals surface area contributed by atoms with Crippen molar-refractivity contribution in [3.8, 4) is 10.6 Å². The van der Waals surface area contributed by atoms with Gasteiger partial charge in [-0.25, -0.2) is 4.68 Å². The van der Waals surface area contributed by atoms with Gasteiger partial charge in [-0.1, -0.05) is 18.2 Å². The largest absolute Gasteiger partial charge is 0.326 e. The molecule has 96 valence electrons. The Balaban J connectivity index is 2.35. The average molecular weight is 271 g/mol. The minimum absolute atomic E-state index is 0.0741. The number of thiophene rings is 1. The van der Waals surface area contributed by atoms with Gasteiger partial charge in [0.15, 0.2) is 0 Å². The fourth-order valence-corrected chi connectivity index (χ4v) is 2.98. The van der Waals surface area contributed by atoms with Crippen molar-refractivity contribution in [2.45, 2.75) is 6.54 Å². The van der Waals surface area contributed by atoms with Gasteiger partial charge >= 0.3 is 0 Å². The summed E-state index contributed by atoms with van der Waals surface area (Å²) in [5.41, 5.74) is 6.40. The summed E-state index contributed by atoms with van der Waals surface area (Å²) in [6.07, 6.45) is 0. The van der Waals surface area contributed by atoms with Gasteiger partial charge in [-0.3, -0.25) is 4.79 Å². The Bertz CT molecular complexity index is 804. The number of hydrogen-bond acceptors (Lipinski definition) is 4. The Hall–Kier alpha value is -1.98. The third-order valence-electron chi connectivity index (χ3n) is 3.05. The SMILES string of the molecule is Cn1nc(-c2ccc(CN)s2)c2ccccc2c1=O. The van der Waals surface area contributed by atoms with Gasteiger partial charge in [-0.05, 0) is 18.2 Å². The molecule has 0 aliphatic heterocycles. The molecule has 4 nitrogen and oxygen atoms in total. The molecule has 0 aliphatic carbocycles. The minimum Gasteiger partial charge on any atom is -0.326 e. The number of rotatable bonds is 2. The monoisotopic (exact) mass is 271 g/mol. The van der Waals surface area contributed by atoms with E-state index in [1.165, 1.54) is 4.68 Å². The van der Waals surface area contributed by atoms with Crippen LogP contribution in [0.1, 0.15) is 4.88 Å². The molecule has 0 saturated heterocycles. The molecule has 0 atom stereocenters. The summed E-state index contributed by atoms with van der Waals surface area (Å²) in [4.78, 5) is 14.2. The van der Waals surface area contributed by atoms with Crippen LogP contribution in [0.15, 0.2) is 41.2 Å². The van der Waals surface area contributed by atoms with Gasteiger partial charge in [0, 0.05) is 23.9 Å². The Kier molecular flexibility index (Phi) is 2.93. The average Bonchev–Trinajstić information content (AvgIpc) is 2.91. The number of aromatic nitrogens is 2. The maximum absolute atomic E-state index is 12.1. The van der Waals surface area contributed by atoms with Crippen LogP contribution in [0.3, 0.4) is 0 Å². The van der Waals surface area contributed by atoms with Crippen molar-refractivity contribution in [2.24, 2.45) is 12.8 Å². The molecule has 2 N–H and O–H groups in total. The van der Waals surface area contributed by atoms with Crippen LogP contribution in [0.4, 0.5) is 0 Å². The van der Waals surface area contributed by atoms with Crippen molar-refractivity contribution in [3.05, 3.63) is 51.6 Å². The Morgan fingerprint density at radius 3 is 2.63 bits per heavy atom. The molecule has 0 bridgehead atoms. The van der Waals surface area contributed by atoms with Gasteiger partial charge in [-0.15, -0.1) is 11.3 Å². The van der Waals surface area contributed by atoms with Crippen molar-refractivity contribution in [3.63, 3.8) is 0 Å². The lowest BCUT2D eigenvalue weighted by atomic mass is 10.1. The molecule has 3 rings (SSSR count). The van der Waals surface area contributed by atoms with E-state index in [1.807, 2.05) is 36.4 Å². The molecule has 2 aromatic heterocycles. The second kappa shape index (κ2) is 4.60. The van der Waals surface area contributed by atoms with Gasteiger partial charge in [0.1, 0.15) is 5.69 Å². The summed E-state index contributed by atoms with van der Waals surface area (Å²) in [7, 11) is 1.68. The molecule has 0 saturated carbocycles. The van der Waals surface area contributed by atoms with E-state index in [4.69, 9.17) is 5.73 Å².